The van der Waals surface area contributed by atoms with Gasteiger partial charge in [-0.15, -0.1) is 0 Å². The lowest BCUT2D eigenvalue weighted by molar-refractivity contribution is -0.142. The molecule has 3 unspecified atom stereocenters. The number of piperazine rings is 1. The van der Waals surface area contributed by atoms with Crippen LogP contribution >= 0.6 is 0 Å². The lowest BCUT2D eigenvalue weighted by Crippen LogP contribution is -2.63. The quantitative estimate of drug-likeness (QED) is 0.314. The van der Waals surface area contributed by atoms with Crippen molar-refractivity contribution in [2.24, 2.45) is 11.7 Å². The minimum atomic E-state index is -0.920. The molecule has 0 aromatic heterocycles. The summed E-state index contributed by atoms with van der Waals surface area (Å²) in [5.74, 6) is -0.302. The molecule has 6 rings (SSSR count). The molecule has 4 N–H and O–H groups in total. The number of carbonyl (C=O) groups excluding carboxylic acids is 3. The van der Waals surface area contributed by atoms with E-state index >= 15 is 0 Å². The molecule has 1 saturated heterocycles. The standard InChI is InChI=1S/C35H42FN5O3/c1-38-32(42)31(21-25-8-11-26-4-2-3-5-27(26)18-25)40-16-17-41(29(22-40)19-23-6-7-23)33(43)30(39-34(44)35(37)14-15-35)20-24-9-12-28(36)13-10-24/h2-5,8-13,18,23,29-31H,6-7,14-17,19-22,37H2,1H3,(H,38,42)(H,39,44). The molecule has 3 fully saturated rings. The van der Waals surface area contributed by atoms with Gasteiger partial charge in [0.25, 0.3) is 0 Å². The summed E-state index contributed by atoms with van der Waals surface area (Å²) in [5.41, 5.74) is 7.12. The molecule has 2 aliphatic carbocycles. The summed E-state index contributed by atoms with van der Waals surface area (Å²) >= 11 is 0. The minimum Gasteiger partial charge on any atom is -0.358 e. The van der Waals surface area contributed by atoms with Gasteiger partial charge in [-0.05, 0) is 65.6 Å². The summed E-state index contributed by atoms with van der Waals surface area (Å²) in [4.78, 5) is 44.7. The number of amides is 3. The van der Waals surface area contributed by atoms with Gasteiger partial charge in [-0.2, -0.15) is 0 Å². The molecule has 1 aliphatic heterocycles. The monoisotopic (exact) mass is 599 g/mol. The first-order chi connectivity index (χ1) is 21.2. The molecule has 8 nitrogen and oxygen atoms in total. The Hall–Kier alpha value is -3.82. The fourth-order valence-corrected chi connectivity index (χ4v) is 6.46. The summed E-state index contributed by atoms with van der Waals surface area (Å²) < 4.78 is 13.6. The van der Waals surface area contributed by atoms with Gasteiger partial charge in [0.15, 0.2) is 0 Å². The van der Waals surface area contributed by atoms with Crippen LogP contribution in [0.2, 0.25) is 0 Å². The van der Waals surface area contributed by atoms with Crippen molar-refractivity contribution < 1.29 is 18.8 Å². The van der Waals surface area contributed by atoms with E-state index in [-0.39, 0.29) is 42.0 Å². The topological polar surface area (TPSA) is 108 Å². The predicted molar refractivity (Wildman–Crippen MR) is 168 cm³/mol. The van der Waals surface area contributed by atoms with Crippen LogP contribution in [0.1, 0.15) is 43.2 Å². The highest BCUT2D eigenvalue weighted by Crippen LogP contribution is 2.36. The van der Waals surface area contributed by atoms with Crippen LogP contribution in [-0.4, -0.2) is 77.9 Å². The fraction of sp³-hybridized carbons (Fsp3) is 0.457. The average Bonchev–Trinajstić information content (AvgIpc) is 3.98. The molecule has 2 saturated carbocycles. The van der Waals surface area contributed by atoms with E-state index in [0.717, 1.165) is 41.2 Å². The number of hydrogen-bond donors (Lipinski definition) is 3. The molecule has 0 bridgehead atoms. The second-order valence-electron chi connectivity index (χ2n) is 12.9. The smallest absolute Gasteiger partial charge is 0.245 e. The Labute approximate surface area is 258 Å². The third-order valence-electron chi connectivity index (χ3n) is 9.53. The molecular weight excluding hydrogens is 557 g/mol. The number of nitrogens with zero attached hydrogens (tertiary/aromatic N) is 2. The van der Waals surface area contributed by atoms with E-state index in [1.54, 1.807) is 19.2 Å². The molecule has 9 heteroatoms. The molecular formula is C35H42FN5O3. The first-order valence-electron chi connectivity index (χ1n) is 15.8. The van der Waals surface area contributed by atoms with Crippen LogP contribution in [0.3, 0.4) is 0 Å². The van der Waals surface area contributed by atoms with Crippen molar-refractivity contribution in [3.8, 4) is 0 Å². The van der Waals surface area contributed by atoms with Gasteiger partial charge >= 0.3 is 0 Å². The highest BCUT2D eigenvalue weighted by atomic mass is 19.1. The van der Waals surface area contributed by atoms with Crippen LogP contribution in [0.4, 0.5) is 4.39 Å². The van der Waals surface area contributed by atoms with Crippen molar-refractivity contribution >= 4 is 28.5 Å². The average molecular weight is 600 g/mol. The lowest BCUT2D eigenvalue weighted by atomic mass is 9.96. The Balaban J connectivity index is 1.22. The Morgan fingerprint density at radius 3 is 2.34 bits per heavy atom. The number of nitrogens with two attached hydrogens (primary N) is 1. The van der Waals surface area contributed by atoms with E-state index in [4.69, 9.17) is 5.73 Å². The van der Waals surface area contributed by atoms with Crippen molar-refractivity contribution in [1.82, 2.24) is 20.4 Å². The molecule has 1 heterocycles. The summed E-state index contributed by atoms with van der Waals surface area (Å²) in [6.07, 6.45) is 5.14. The molecule has 232 valence electrons. The maximum Gasteiger partial charge on any atom is 0.245 e. The zero-order valence-corrected chi connectivity index (χ0v) is 25.3. The lowest BCUT2D eigenvalue weighted by Gasteiger charge is -2.45. The number of halogens is 1. The summed E-state index contributed by atoms with van der Waals surface area (Å²) in [6.45, 7) is 1.56. The summed E-state index contributed by atoms with van der Waals surface area (Å²) in [6, 6.07) is 19.3. The van der Waals surface area contributed by atoms with E-state index in [0.29, 0.717) is 44.8 Å². The molecule has 3 atom stereocenters. The van der Waals surface area contributed by atoms with Gasteiger partial charge in [0.1, 0.15) is 11.9 Å². The SMILES string of the molecule is CNC(=O)C(Cc1ccc2ccccc2c1)N1CCN(C(=O)C(Cc2ccc(F)cc2)NC(=O)C2(N)CC2)C(CC2CC2)C1. The molecule has 3 aliphatic rings. The van der Waals surface area contributed by atoms with Gasteiger partial charge in [0.2, 0.25) is 17.7 Å². The van der Waals surface area contributed by atoms with E-state index in [1.165, 1.54) is 12.1 Å². The maximum atomic E-state index is 14.2. The van der Waals surface area contributed by atoms with E-state index in [1.807, 2.05) is 17.0 Å². The normalized spacial score (nSPS) is 21.0. The van der Waals surface area contributed by atoms with Gasteiger partial charge < -0.3 is 21.3 Å². The minimum absolute atomic E-state index is 0.0396. The number of carbonyl (C=O) groups is 3. The Kier molecular flexibility index (Phi) is 8.69. The Morgan fingerprint density at radius 1 is 0.955 bits per heavy atom. The number of rotatable bonds is 11. The van der Waals surface area contributed by atoms with E-state index in [2.05, 4.69) is 45.9 Å². The number of fused-ring (bicyclic) bond motifs is 1. The molecule has 3 aromatic carbocycles. The fourth-order valence-electron chi connectivity index (χ4n) is 6.46. The van der Waals surface area contributed by atoms with Crippen molar-refractivity contribution in [3.05, 3.63) is 83.7 Å². The predicted octanol–water partition coefficient (Wildman–Crippen LogP) is 3.17. The summed E-state index contributed by atoms with van der Waals surface area (Å²) in [7, 11) is 1.67. The molecule has 3 aromatic rings. The van der Waals surface area contributed by atoms with Crippen LogP contribution in [0.15, 0.2) is 66.7 Å². The maximum absolute atomic E-state index is 14.2. The molecule has 44 heavy (non-hydrogen) atoms. The van der Waals surface area contributed by atoms with Crippen LogP contribution < -0.4 is 16.4 Å². The zero-order valence-electron chi connectivity index (χ0n) is 25.3. The third-order valence-corrected chi connectivity index (χ3v) is 9.53. The van der Waals surface area contributed by atoms with Crippen molar-refractivity contribution in [1.29, 1.82) is 0 Å². The van der Waals surface area contributed by atoms with Gasteiger partial charge in [-0.1, -0.05) is 67.4 Å². The van der Waals surface area contributed by atoms with Crippen molar-refractivity contribution in [3.63, 3.8) is 0 Å². The molecule has 0 radical (unpaired) electrons. The number of likely N-dealkylation sites (N-methyl/N-ethyl adjacent to an activating group) is 1. The van der Waals surface area contributed by atoms with Gasteiger partial charge in [0, 0.05) is 39.1 Å². The highest BCUT2D eigenvalue weighted by Gasteiger charge is 2.48. The van der Waals surface area contributed by atoms with Crippen LogP contribution in [0, 0.1) is 11.7 Å². The first kappa shape index (κ1) is 30.2. The van der Waals surface area contributed by atoms with Gasteiger partial charge in [-0.25, -0.2) is 4.39 Å². The first-order valence-corrected chi connectivity index (χ1v) is 15.8. The molecule has 0 spiro atoms. The zero-order chi connectivity index (χ0) is 30.8. The van der Waals surface area contributed by atoms with Gasteiger partial charge in [-0.3, -0.25) is 19.3 Å². The van der Waals surface area contributed by atoms with Crippen LogP contribution in [0.25, 0.3) is 10.8 Å². The number of benzene rings is 3. The Morgan fingerprint density at radius 2 is 1.66 bits per heavy atom. The second-order valence-corrected chi connectivity index (χ2v) is 12.9. The van der Waals surface area contributed by atoms with E-state index in [9.17, 15) is 18.8 Å². The number of nitrogens with one attached hydrogen (secondary N) is 2. The van der Waals surface area contributed by atoms with Crippen molar-refractivity contribution in [2.45, 2.75) is 68.6 Å². The second kappa shape index (κ2) is 12.7. The highest BCUT2D eigenvalue weighted by molar-refractivity contribution is 5.94. The number of hydrogen-bond acceptors (Lipinski definition) is 5. The molecule has 3 amide bonds. The Bertz CT molecular complexity index is 1520. The summed E-state index contributed by atoms with van der Waals surface area (Å²) in [5, 5.41) is 8.12. The van der Waals surface area contributed by atoms with Crippen LogP contribution in [-0.2, 0) is 27.2 Å². The van der Waals surface area contributed by atoms with Crippen LogP contribution in [0.5, 0.6) is 0 Å². The van der Waals surface area contributed by atoms with E-state index < -0.39 is 11.6 Å². The van der Waals surface area contributed by atoms with Gasteiger partial charge in [0.05, 0.1) is 11.6 Å². The van der Waals surface area contributed by atoms with Crippen molar-refractivity contribution in [2.75, 3.05) is 26.7 Å². The largest absolute Gasteiger partial charge is 0.358 e. The third kappa shape index (κ3) is 6.94.